The van der Waals surface area contributed by atoms with Crippen molar-refractivity contribution in [2.45, 2.75) is 53.0 Å². The molecule has 1 aromatic rings. The van der Waals surface area contributed by atoms with E-state index in [2.05, 4.69) is 42.4 Å². The maximum atomic E-state index is 12.1. The van der Waals surface area contributed by atoms with E-state index in [1.807, 2.05) is 18.2 Å². The highest BCUT2D eigenvalue weighted by atomic mass is 16.1. The highest BCUT2D eigenvalue weighted by Gasteiger charge is 2.30. The van der Waals surface area contributed by atoms with Crippen LogP contribution < -0.4 is 10.6 Å². The molecule has 0 spiro atoms. The van der Waals surface area contributed by atoms with Crippen molar-refractivity contribution in [3.63, 3.8) is 0 Å². The number of likely N-dealkylation sites (tertiary alicyclic amines) is 1. The number of hydrogen-bond acceptors (Lipinski definition) is 2. The Morgan fingerprint density at radius 1 is 1.35 bits per heavy atom. The van der Waals surface area contributed by atoms with E-state index in [-0.39, 0.29) is 11.8 Å². The first-order chi connectivity index (χ1) is 12.5. The Kier molecular flexibility index (Phi) is 5.84. The Bertz CT molecular complexity index is 664. The number of carbonyl (C=O) groups excluding carboxylic acids is 1. The second-order valence-corrected chi connectivity index (χ2v) is 8.32. The van der Waals surface area contributed by atoms with Crippen LogP contribution >= 0.6 is 0 Å². The first kappa shape index (κ1) is 18.7. The van der Waals surface area contributed by atoms with Crippen molar-refractivity contribution in [3.8, 4) is 0 Å². The summed E-state index contributed by atoms with van der Waals surface area (Å²) in [4.78, 5) is 19.3. The van der Waals surface area contributed by atoms with E-state index < -0.39 is 0 Å². The van der Waals surface area contributed by atoms with E-state index >= 15 is 0 Å². The van der Waals surface area contributed by atoms with Crippen LogP contribution in [0.4, 0.5) is 5.69 Å². The minimum atomic E-state index is 0.157. The molecule has 26 heavy (non-hydrogen) atoms. The summed E-state index contributed by atoms with van der Waals surface area (Å²) in [5, 5.41) is 6.47. The molecular formula is C21H32N4O. The first-order valence-corrected chi connectivity index (χ1v) is 9.90. The summed E-state index contributed by atoms with van der Waals surface area (Å²) in [6.07, 6.45) is 4.41. The summed E-state index contributed by atoms with van der Waals surface area (Å²) in [6.45, 7) is 10.3. The van der Waals surface area contributed by atoms with Gasteiger partial charge in [0, 0.05) is 31.2 Å². The standard InChI is InChI=1S/C21H32N4O/c1-4-22-20(25-12-11-21(2,3)15-25)23-14-16-7-5-10-18(13-16)24-19(26)17-8-6-9-17/h5,7,10,13,17H,4,6,8-9,11-12,14-15H2,1-3H3,(H,22,23)(H,24,26). The van der Waals surface area contributed by atoms with Crippen LogP contribution in [0, 0.1) is 11.3 Å². The molecule has 2 fully saturated rings. The van der Waals surface area contributed by atoms with Crippen LogP contribution in [0.15, 0.2) is 29.3 Å². The molecule has 0 aromatic heterocycles. The predicted octanol–water partition coefficient (Wildman–Crippen LogP) is 3.62. The van der Waals surface area contributed by atoms with Crippen LogP contribution in [0.2, 0.25) is 0 Å². The lowest BCUT2D eigenvalue weighted by atomic mass is 9.85. The predicted molar refractivity (Wildman–Crippen MR) is 107 cm³/mol. The van der Waals surface area contributed by atoms with Gasteiger partial charge in [-0.15, -0.1) is 0 Å². The second kappa shape index (κ2) is 8.11. The highest BCUT2D eigenvalue weighted by molar-refractivity contribution is 5.93. The largest absolute Gasteiger partial charge is 0.357 e. The number of rotatable bonds is 5. The number of carbonyl (C=O) groups is 1. The fourth-order valence-corrected chi connectivity index (χ4v) is 3.55. The van der Waals surface area contributed by atoms with Gasteiger partial charge in [0.1, 0.15) is 0 Å². The number of nitrogens with zero attached hydrogens (tertiary/aromatic N) is 2. The van der Waals surface area contributed by atoms with Crippen molar-refractivity contribution in [1.82, 2.24) is 10.2 Å². The van der Waals surface area contributed by atoms with Gasteiger partial charge in [-0.1, -0.05) is 32.4 Å². The molecule has 1 amide bonds. The van der Waals surface area contributed by atoms with E-state index in [0.717, 1.165) is 49.7 Å². The summed E-state index contributed by atoms with van der Waals surface area (Å²) in [6, 6.07) is 8.06. The van der Waals surface area contributed by atoms with E-state index in [4.69, 9.17) is 4.99 Å². The highest BCUT2D eigenvalue weighted by Crippen LogP contribution is 2.29. The Morgan fingerprint density at radius 2 is 2.15 bits per heavy atom. The molecule has 142 valence electrons. The number of amides is 1. The van der Waals surface area contributed by atoms with Crippen LogP contribution in [0.5, 0.6) is 0 Å². The van der Waals surface area contributed by atoms with E-state index in [9.17, 15) is 4.79 Å². The van der Waals surface area contributed by atoms with Gasteiger partial charge in [0.15, 0.2) is 5.96 Å². The smallest absolute Gasteiger partial charge is 0.227 e. The fraction of sp³-hybridized carbons (Fsp3) is 0.619. The van der Waals surface area contributed by atoms with Crippen molar-refractivity contribution in [2.24, 2.45) is 16.3 Å². The SMILES string of the molecule is CCNC(=NCc1cccc(NC(=O)C2CCC2)c1)N1CCC(C)(C)C1. The quantitative estimate of drug-likeness (QED) is 0.626. The van der Waals surface area contributed by atoms with E-state index in [1.165, 1.54) is 12.8 Å². The summed E-state index contributed by atoms with van der Waals surface area (Å²) >= 11 is 0. The second-order valence-electron chi connectivity index (χ2n) is 8.32. The number of hydrogen-bond donors (Lipinski definition) is 2. The minimum Gasteiger partial charge on any atom is -0.357 e. The van der Waals surface area contributed by atoms with Gasteiger partial charge in [-0.25, -0.2) is 4.99 Å². The lowest BCUT2D eigenvalue weighted by Gasteiger charge is -2.24. The van der Waals surface area contributed by atoms with Crippen LogP contribution in [0.1, 0.15) is 52.0 Å². The third-order valence-electron chi connectivity index (χ3n) is 5.39. The zero-order valence-corrected chi connectivity index (χ0v) is 16.3. The maximum Gasteiger partial charge on any atom is 0.227 e. The van der Waals surface area contributed by atoms with Crippen molar-refractivity contribution >= 4 is 17.6 Å². The third-order valence-corrected chi connectivity index (χ3v) is 5.39. The van der Waals surface area contributed by atoms with Gasteiger partial charge >= 0.3 is 0 Å². The summed E-state index contributed by atoms with van der Waals surface area (Å²) in [5.41, 5.74) is 2.34. The number of anilines is 1. The van der Waals surface area contributed by atoms with Crippen LogP contribution in [0.25, 0.3) is 0 Å². The molecule has 1 saturated heterocycles. The fourth-order valence-electron chi connectivity index (χ4n) is 3.55. The van der Waals surface area contributed by atoms with E-state index in [1.54, 1.807) is 0 Å². The van der Waals surface area contributed by atoms with Crippen molar-refractivity contribution in [1.29, 1.82) is 0 Å². The number of nitrogens with one attached hydrogen (secondary N) is 2. The molecule has 2 aliphatic rings. The van der Waals surface area contributed by atoms with Crippen molar-refractivity contribution < 1.29 is 4.79 Å². The summed E-state index contributed by atoms with van der Waals surface area (Å²) in [7, 11) is 0. The van der Waals surface area contributed by atoms with Crippen LogP contribution in [-0.4, -0.2) is 36.4 Å². The number of benzene rings is 1. The molecule has 3 rings (SSSR count). The van der Waals surface area contributed by atoms with Gasteiger partial charge in [0.05, 0.1) is 6.54 Å². The number of aliphatic imine (C=N–C) groups is 1. The van der Waals surface area contributed by atoms with Gasteiger partial charge in [0.2, 0.25) is 5.91 Å². The lowest BCUT2D eigenvalue weighted by Crippen LogP contribution is -2.40. The molecular weight excluding hydrogens is 324 g/mol. The normalized spacial score (nSPS) is 20.0. The lowest BCUT2D eigenvalue weighted by molar-refractivity contribution is -0.122. The Hall–Kier alpha value is -2.04. The molecule has 0 unspecified atom stereocenters. The van der Waals surface area contributed by atoms with Gasteiger partial charge in [0.25, 0.3) is 0 Å². The molecule has 0 bridgehead atoms. The van der Waals surface area contributed by atoms with Gasteiger partial charge in [-0.05, 0) is 49.3 Å². The zero-order valence-electron chi connectivity index (χ0n) is 16.3. The molecule has 0 atom stereocenters. The molecule has 1 aromatic carbocycles. The average Bonchev–Trinajstić information content (AvgIpc) is 2.90. The monoisotopic (exact) mass is 356 g/mol. The zero-order chi connectivity index (χ0) is 18.6. The molecule has 1 aliphatic heterocycles. The third kappa shape index (κ3) is 4.77. The molecule has 1 heterocycles. The van der Waals surface area contributed by atoms with Crippen molar-refractivity contribution in [3.05, 3.63) is 29.8 Å². The molecule has 1 aliphatic carbocycles. The Morgan fingerprint density at radius 3 is 2.77 bits per heavy atom. The minimum absolute atomic E-state index is 0.157. The van der Waals surface area contributed by atoms with Crippen LogP contribution in [-0.2, 0) is 11.3 Å². The van der Waals surface area contributed by atoms with Gasteiger partial charge in [-0.3, -0.25) is 4.79 Å². The molecule has 0 radical (unpaired) electrons. The Balaban J connectivity index is 1.63. The van der Waals surface area contributed by atoms with Crippen molar-refractivity contribution in [2.75, 3.05) is 25.0 Å². The first-order valence-electron chi connectivity index (χ1n) is 9.90. The molecule has 2 N–H and O–H groups in total. The number of guanidine groups is 1. The van der Waals surface area contributed by atoms with Gasteiger partial charge in [-0.2, -0.15) is 0 Å². The average molecular weight is 357 g/mol. The molecule has 5 nitrogen and oxygen atoms in total. The molecule has 1 saturated carbocycles. The summed E-state index contributed by atoms with van der Waals surface area (Å²) < 4.78 is 0. The van der Waals surface area contributed by atoms with Crippen LogP contribution in [0.3, 0.4) is 0 Å². The maximum absolute atomic E-state index is 12.1. The van der Waals surface area contributed by atoms with Gasteiger partial charge < -0.3 is 15.5 Å². The summed E-state index contributed by atoms with van der Waals surface area (Å²) in [5.74, 6) is 1.35. The molecule has 5 heteroatoms. The topological polar surface area (TPSA) is 56.7 Å². The van der Waals surface area contributed by atoms with E-state index in [0.29, 0.717) is 12.0 Å². The Labute approximate surface area is 157 Å².